The molecule has 0 bridgehead atoms. The number of aromatic nitrogens is 1. The van der Waals surface area contributed by atoms with Gasteiger partial charge >= 0.3 is 5.97 Å². The summed E-state index contributed by atoms with van der Waals surface area (Å²) < 4.78 is 5.42. The van der Waals surface area contributed by atoms with Crippen molar-refractivity contribution < 1.29 is 9.53 Å². The third kappa shape index (κ3) is 5.34. The molecule has 0 fully saturated rings. The van der Waals surface area contributed by atoms with Crippen molar-refractivity contribution in [1.29, 1.82) is 0 Å². The maximum Gasteiger partial charge on any atom is 0.339 e. The number of alkyl halides is 1. The zero-order valence-corrected chi connectivity index (χ0v) is 18.2. The summed E-state index contributed by atoms with van der Waals surface area (Å²) in [6.45, 7) is 5.94. The molecule has 3 atom stereocenters. The first-order chi connectivity index (χ1) is 14.0. The number of anilines is 1. The maximum absolute atomic E-state index is 12.4. The molecule has 29 heavy (non-hydrogen) atoms. The number of hydrogen-bond donors (Lipinski definition) is 1. The molecule has 1 aromatic heterocycles. The zero-order valence-electron chi connectivity index (χ0n) is 16.6. The number of thiazole rings is 1. The molecule has 3 rings (SSSR count). The van der Waals surface area contributed by atoms with Gasteiger partial charge in [-0.2, -0.15) is 5.10 Å². The van der Waals surface area contributed by atoms with Gasteiger partial charge in [-0.15, -0.1) is 22.9 Å². The van der Waals surface area contributed by atoms with Crippen LogP contribution in [0.5, 0.6) is 0 Å². The van der Waals surface area contributed by atoms with E-state index in [4.69, 9.17) is 16.3 Å². The minimum atomic E-state index is -0.350. The van der Waals surface area contributed by atoms with Crippen molar-refractivity contribution in [3.8, 4) is 0 Å². The molecule has 5 nitrogen and oxygen atoms in total. The van der Waals surface area contributed by atoms with E-state index < -0.39 is 0 Å². The summed E-state index contributed by atoms with van der Waals surface area (Å²) in [6, 6.07) is 7.22. The van der Waals surface area contributed by atoms with Crippen LogP contribution in [0.2, 0.25) is 0 Å². The standard InChI is InChI=1S/C22H24ClN3O2S/c1-4-15(3)28-21(27)17-10-6-5-9-16(17)12-24-26-22-25-19(13-29-22)18-11-7-8-14(2)20(18)23/h5-15,20H,4H2,1-3H3,(H,25,26)/b24-12+. The molecule has 7 heteroatoms. The average Bonchev–Trinajstić information content (AvgIpc) is 3.19. The van der Waals surface area contributed by atoms with Crippen molar-refractivity contribution in [2.24, 2.45) is 11.0 Å². The number of hydrogen-bond acceptors (Lipinski definition) is 6. The minimum Gasteiger partial charge on any atom is -0.459 e. The molecule has 0 saturated carbocycles. The molecule has 0 spiro atoms. The molecule has 1 N–H and O–H groups in total. The highest BCUT2D eigenvalue weighted by molar-refractivity contribution is 7.13. The Balaban J connectivity index is 1.69. The Morgan fingerprint density at radius 2 is 2.24 bits per heavy atom. The van der Waals surface area contributed by atoms with E-state index in [1.807, 2.05) is 43.5 Å². The average molecular weight is 430 g/mol. The largest absolute Gasteiger partial charge is 0.459 e. The fourth-order valence-electron chi connectivity index (χ4n) is 2.77. The molecule has 0 amide bonds. The molecule has 1 aromatic carbocycles. The molecular formula is C22H24ClN3O2S. The lowest BCUT2D eigenvalue weighted by molar-refractivity contribution is 0.0334. The van der Waals surface area contributed by atoms with Crippen LogP contribution in [0.3, 0.4) is 0 Å². The lowest BCUT2D eigenvalue weighted by Crippen LogP contribution is -2.15. The summed E-state index contributed by atoms with van der Waals surface area (Å²) in [7, 11) is 0. The summed E-state index contributed by atoms with van der Waals surface area (Å²) in [4.78, 5) is 16.9. The molecule has 2 aromatic rings. The van der Waals surface area contributed by atoms with E-state index in [2.05, 4.69) is 28.5 Å². The van der Waals surface area contributed by atoms with Crippen LogP contribution in [0.15, 0.2) is 53.0 Å². The van der Waals surface area contributed by atoms with Crippen LogP contribution in [0, 0.1) is 5.92 Å². The van der Waals surface area contributed by atoms with E-state index in [1.54, 1.807) is 18.3 Å². The van der Waals surface area contributed by atoms with E-state index >= 15 is 0 Å². The van der Waals surface area contributed by atoms with Crippen molar-refractivity contribution in [2.45, 2.75) is 38.7 Å². The van der Waals surface area contributed by atoms with Gasteiger partial charge in [0.05, 0.1) is 29.0 Å². The van der Waals surface area contributed by atoms with Gasteiger partial charge in [-0.1, -0.05) is 50.3 Å². The highest BCUT2D eigenvalue weighted by Gasteiger charge is 2.22. The number of halogens is 1. The Labute approximate surface area is 180 Å². The molecule has 1 heterocycles. The second kappa shape index (κ2) is 9.85. The number of carbonyl (C=O) groups excluding carboxylic acids is 1. The number of rotatable bonds is 7. The lowest BCUT2D eigenvalue weighted by Gasteiger charge is -2.19. The van der Waals surface area contributed by atoms with Crippen LogP contribution < -0.4 is 5.43 Å². The van der Waals surface area contributed by atoms with Crippen LogP contribution in [-0.2, 0) is 4.74 Å². The molecule has 152 valence electrons. The van der Waals surface area contributed by atoms with Gasteiger partial charge in [-0.3, -0.25) is 5.43 Å². The fourth-order valence-corrected chi connectivity index (χ4v) is 3.71. The molecule has 1 aliphatic rings. The Morgan fingerprint density at radius 1 is 1.45 bits per heavy atom. The Bertz CT molecular complexity index is 951. The first-order valence-electron chi connectivity index (χ1n) is 9.57. The van der Waals surface area contributed by atoms with Gasteiger partial charge in [-0.05, 0) is 30.9 Å². The van der Waals surface area contributed by atoms with Crippen molar-refractivity contribution in [1.82, 2.24) is 4.98 Å². The summed E-state index contributed by atoms with van der Waals surface area (Å²) in [5.41, 5.74) is 5.95. The second-order valence-electron chi connectivity index (χ2n) is 6.89. The molecule has 1 aliphatic carbocycles. The summed E-state index contributed by atoms with van der Waals surface area (Å²) in [6.07, 6.45) is 8.34. The van der Waals surface area contributed by atoms with E-state index in [9.17, 15) is 4.79 Å². The van der Waals surface area contributed by atoms with Gasteiger partial charge in [0, 0.05) is 10.9 Å². The summed E-state index contributed by atoms with van der Waals surface area (Å²) in [5.74, 6) is -0.0861. The van der Waals surface area contributed by atoms with Crippen molar-refractivity contribution in [3.63, 3.8) is 0 Å². The third-order valence-electron chi connectivity index (χ3n) is 4.68. The number of esters is 1. The number of nitrogens with one attached hydrogen (secondary N) is 1. The summed E-state index contributed by atoms with van der Waals surface area (Å²) in [5, 5.41) is 6.77. The van der Waals surface area contributed by atoms with Crippen LogP contribution in [0.25, 0.3) is 5.57 Å². The predicted molar refractivity (Wildman–Crippen MR) is 121 cm³/mol. The SMILES string of the molecule is CCC(C)OC(=O)c1ccccc1/C=N/Nc1nc(C2=CC=CC(C)C2Cl)cs1. The van der Waals surface area contributed by atoms with Gasteiger partial charge in [0.2, 0.25) is 5.13 Å². The summed E-state index contributed by atoms with van der Waals surface area (Å²) >= 11 is 7.96. The Kier molecular flexibility index (Phi) is 7.23. The van der Waals surface area contributed by atoms with Gasteiger partial charge in [0.25, 0.3) is 0 Å². The third-order valence-corrected chi connectivity index (χ3v) is 6.06. The molecule has 0 aliphatic heterocycles. The predicted octanol–water partition coefficient (Wildman–Crippen LogP) is 5.74. The first kappa shape index (κ1) is 21.3. The Hall–Kier alpha value is -2.44. The van der Waals surface area contributed by atoms with Gasteiger partial charge in [0.15, 0.2) is 0 Å². The number of carbonyl (C=O) groups is 1. The van der Waals surface area contributed by atoms with E-state index in [0.717, 1.165) is 17.7 Å². The van der Waals surface area contributed by atoms with Crippen LogP contribution in [0.1, 0.15) is 48.8 Å². The maximum atomic E-state index is 12.4. The number of benzene rings is 1. The lowest BCUT2D eigenvalue weighted by atomic mass is 9.94. The topological polar surface area (TPSA) is 63.6 Å². The van der Waals surface area contributed by atoms with Crippen LogP contribution in [0.4, 0.5) is 5.13 Å². The van der Waals surface area contributed by atoms with Gasteiger partial charge in [-0.25, -0.2) is 9.78 Å². The molecular weight excluding hydrogens is 406 g/mol. The quantitative estimate of drug-likeness (QED) is 0.264. The van der Waals surface area contributed by atoms with E-state index in [0.29, 0.717) is 16.3 Å². The zero-order chi connectivity index (χ0) is 20.8. The van der Waals surface area contributed by atoms with Crippen LogP contribution >= 0.6 is 22.9 Å². The fraction of sp³-hybridized carbons (Fsp3) is 0.318. The van der Waals surface area contributed by atoms with E-state index in [1.165, 1.54) is 11.3 Å². The van der Waals surface area contributed by atoms with Gasteiger partial charge in [0.1, 0.15) is 0 Å². The highest BCUT2D eigenvalue weighted by Crippen LogP contribution is 2.33. The molecule has 0 radical (unpaired) electrons. The number of ether oxygens (including phenoxy) is 1. The Morgan fingerprint density at radius 3 is 3.03 bits per heavy atom. The van der Waals surface area contributed by atoms with Crippen molar-refractivity contribution in [3.05, 3.63) is 64.7 Å². The molecule has 3 unspecified atom stereocenters. The minimum absolute atomic E-state index is 0.0955. The second-order valence-corrected chi connectivity index (χ2v) is 8.22. The van der Waals surface area contributed by atoms with Gasteiger partial charge < -0.3 is 4.74 Å². The van der Waals surface area contributed by atoms with Crippen molar-refractivity contribution >= 4 is 45.8 Å². The smallest absolute Gasteiger partial charge is 0.339 e. The number of hydrazone groups is 1. The highest BCUT2D eigenvalue weighted by atomic mass is 35.5. The molecule has 0 saturated heterocycles. The number of allylic oxidation sites excluding steroid dienone is 4. The van der Waals surface area contributed by atoms with E-state index in [-0.39, 0.29) is 23.4 Å². The normalized spacial score (nSPS) is 19.8. The first-order valence-corrected chi connectivity index (χ1v) is 10.9. The van der Waals surface area contributed by atoms with Crippen LogP contribution in [-0.4, -0.2) is 28.6 Å². The monoisotopic (exact) mass is 429 g/mol. The number of nitrogens with zero attached hydrogens (tertiary/aromatic N) is 2. The van der Waals surface area contributed by atoms with Crippen molar-refractivity contribution in [2.75, 3.05) is 5.43 Å².